The number of para-hydroxylation sites is 1. The average molecular weight is 384 g/mol. The number of halogens is 3. The fraction of sp³-hybridized carbons (Fsp3) is 0.579. The Kier molecular flexibility index (Phi) is 5.74. The van der Waals surface area contributed by atoms with E-state index in [1.807, 2.05) is 4.90 Å². The molecule has 2 atom stereocenters. The quantitative estimate of drug-likeness (QED) is 0.846. The number of carbonyl (C=O) groups is 2. The summed E-state index contributed by atoms with van der Waals surface area (Å²) in [5, 5.41) is 8.85. The molecule has 0 aliphatic carbocycles. The highest BCUT2D eigenvalue weighted by molar-refractivity contribution is 6.00. The Hall–Kier alpha value is -2.09. The van der Waals surface area contributed by atoms with Crippen LogP contribution in [-0.2, 0) is 15.8 Å². The first-order chi connectivity index (χ1) is 12.8. The monoisotopic (exact) mass is 384 g/mol. The molecule has 0 spiro atoms. The van der Waals surface area contributed by atoms with E-state index in [0.717, 1.165) is 18.9 Å². The van der Waals surface area contributed by atoms with Crippen molar-refractivity contribution in [3.05, 3.63) is 29.8 Å². The third-order valence-corrected chi connectivity index (χ3v) is 5.44. The number of rotatable bonds is 5. The molecule has 5 nitrogen and oxygen atoms in total. The number of alkyl halides is 3. The third-order valence-electron chi connectivity index (χ3n) is 5.44. The SMILES string of the molecule is O=C(O)CCC1CCCN(C2CCN(c3ccccc3C(F)(F)F)C2=O)C1. The number of anilines is 1. The van der Waals surface area contributed by atoms with Crippen LogP contribution >= 0.6 is 0 Å². The smallest absolute Gasteiger partial charge is 0.418 e. The molecule has 1 N–H and O–H groups in total. The maximum Gasteiger partial charge on any atom is 0.418 e. The maximum absolute atomic E-state index is 13.3. The van der Waals surface area contributed by atoms with Crippen molar-refractivity contribution in [2.24, 2.45) is 5.92 Å². The Morgan fingerprint density at radius 3 is 2.63 bits per heavy atom. The molecule has 2 fully saturated rings. The minimum Gasteiger partial charge on any atom is -0.481 e. The number of amides is 1. The summed E-state index contributed by atoms with van der Waals surface area (Å²) in [4.78, 5) is 26.9. The van der Waals surface area contributed by atoms with Crippen LogP contribution in [0.25, 0.3) is 0 Å². The molecule has 1 aromatic rings. The number of nitrogens with zero attached hydrogens (tertiary/aromatic N) is 2. The van der Waals surface area contributed by atoms with Crippen LogP contribution in [0.2, 0.25) is 0 Å². The number of piperidine rings is 1. The molecule has 1 aromatic carbocycles. The summed E-state index contributed by atoms with van der Waals surface area (Å²) in [6.07, 6.45) is -1.58. The fourth-order valence-electron chi connectivity index (χ4n) is 4.14. The van der Waals surface area contributed by atoms with Gasteiger partial charge in [-0.3, -0.25) is 14.5 Å². The van der Waals surface area contributed by atoms with Gasteiger partial charge in [0.1, 0.15) is 0 Å². The first-order valence-electron chi connectivity index (χ1n) is 9.21. The van der Waals surface area contributed by atoms with Crippen LogP contribution in [-0.4, -0.2) is 47.6 Å². The van der Waals surface area contributed by atoms with Crippen LogP contribution in [0.3, 0.4) is 0 Å². The number of aliphatic carboxylic acids is 1. The van der Waals surface area contributed by atoms with Crippen molar-refractivity contribution in [2.45, 2.75) is 44.3 Å². The first-order valence-corrected chi connectivity index (χ1v) is 9.21. The number of carboxylic acids is 1. The van der Waals surface area contributed by atoms with E-state index in [-0.39, 0.29) is 30.5 Å². The molecule has 8 heteroatoms. The van der Waals surface area contributed by atoms with E-state index in [1.165, 1.54) is 23.1 Å². The van der Waals surface area contributed by atoms with E-state index in [1.54, 1.807) is 0 Å². The van der Waals surface area contributed by atoms with E-state index in [0.29, 0.717) is 25.9 Å². The summed E-state index contributed by atoms with van der Waals surface area (Å²) in [5.41, 5.74) is -0.881. The van der Waals surface area contributed by atoms with Gasteiger partial charge in [0.2, 0.25) is 5.91 Å². The van der Waals surface area contributed by atoms with Crippen molar-refractivity contribution in [1.82, 2.24) is 4.90 Å². The molecule has 2 heterocycles. The fourth-order valence-corrected chi connectivity index (χ4v) is 4.14. The molecule has 148 valence electrons. The molecule has 27 heavy (non-hydrogen) atoms. The summed E-state index contributed by atoms with van der Waals surface area (Å²) < 4.78 is 39.9. The van der Waals surface area contributed by atoms with Crippen LogP contribution in [0.4, 0.5) is 18.9 Å². The van der Waals surface area contributed by atoms with Crippen molar-refractivity contribution < 1.29 is 27.9 Å². The van der Waals surface area contributed by atoms with Crippen molar-refractivity contribution in [1.29, 1.82) is 0 Å². The van der Waals surface area contributed by atoms with Gasteiger partial charge in [0, 0.05) is 19.5 Å². The lowest BCUT2D eigenvalue weighted by Crippen LogP contribution is -2.47. The number of carbonyl (C=O) groups excluding carboxylic acids is 1. The normalized spacial score (nSPS) is 24.4. The Balaban J connectivity index is 1.71. The number of hydrogen-bond acceptors (Lipinski definition) is 3. The molecule has 2 unspecified atom stereocenters. The number of carboxylic acid groups (broad SMARTS) is 1. The second-order valence-electron chi connectivity index (χ2n) is 7.24. The van der Waals surface area contributed by atoms with Crippen molar-refractivity contribution >= 4 is 17.6 Å². The highest BCUT2D eigenvalue weighted by Crippen LogP contribution is 2.38. The minimum atomic E-state index is -4.51. The van der Waals surface area contributed by atoms with E-state index >= 15 is 0 Å². The second kappa shape index (κ2) is 7.88. The van der Waals surface area contributed by atoms with Crippen LogP contribution in [0.1, 0.15) is 37.7 Å². The summed E-state index contributed by atoms with van der Waals surface area (Å²) in [6.45, 7) is 1.60. The Morgan fingerprint density at radius 1 is 1.19 bits per heavy atom. The summed E-state index contributed by atoms with van der Waals surface area (Å²) in [5.74, 6) is -0.927. The largest absolute Gasteiger partial charge is 0.481 e. The number of hydrogen-bond donors (Lipinski definition) is 1. The van der Waals surface area contributed by atoms with Gasteiger partial charge in [-0.2, -0.15) is 13.2 Å². The summed E-state index contributed by atoms with van der Waals surface area (Å²) in [6, 6.07) is 4.74. The van der Waals surface area contributed by atoms with Gasteiger partial charge in [0.15, 0.2) is 0 Å². The van der Waals surface area contributed by atoms with E-state index in [4.69, 9.17) is 5.11 Å². The third kappa shape index (κ3) is 4.43. The van der Waals surface area contributed by atoms with Crippen LogP contribution in [0.5, 0.6) is 0 Å². The lowest BCUT2D eigenvalue weighted by Gasteiger charge is -2.36. The molecule has 3 rings (SSSR count). The lowest BCUT2D eigenvalue weighted by atomic mass is 9.92. The van der Waals surface area contributed by atoms with Crippen LogP contribution < -0.4 is 4.90 Å². The van der Waals surface area contributed by atoms with Crippen molar-refractivity contribution in [2.75, 3.05) is 24.5 Å². The predicted octanol–water partition coefficient (Wildman–Crippen LogP) is 3.39. The molecule has 0 bridgehead atoms. The summed E-state index contributed by atoms with van der Waals surface area (Å²) in [7, 11) is 0. The average Bonchev–Trinajstić information content (AvgIpc) is 3.01. The van der Waals surface area contributed by atoms with Gasteiger partial charge in [-0.05, 0) is 50.3 Å². The van der Waals surface area contributed by atoms with Gasteiger partial charge in [-0.25, -0.2) is 0 Å². The van der Waals surface area contributed by atoms with Gasteiger partial charge in [-0.1, -0.05) is 12.1 Å². The van der Waals surface area contributed by atoms with Crippen LogP contribution in [0.15, 0.2) is 24.3 Å². The van der Waals surface area contributed by atoms with Gasteiger partial charge < -0.3 is 10.0 Å². The zero-order chi connectivity index (χ0) is 19.6. The Morgan fingerprint density at radius 2 is 1.93 bits per heavy atom. The Labute approximate surface area is 155 Å². The molecular weight excluding hydrogens is 361 g/mol. The Bertz CT molecular complexity index is 708. The maximum atomic E-state index is 13.3. The minimum absolute atomic E-state index is 0.0862. The van der Waals surface area contributed by atoms with Crippen molar-refractivity contribution in [3.8, 4) is 0 Å². The highest BCUT2D eigenvalue weighted by atomic mass is 19.4. The number of benzene rings is 1. The molecule has 1 amide bonds. The highest BCUT2D eigenvalue weighted by Gasteiger charge is 2.42. The zero-order valence-electron chi connectivity index (χ0n) is 14.9. The molecule has 0 aromatic heterocycles. The molecule has 0 saturated carbocycles. The number of likely N-dealkylation sites (tertiary alicyclic amines) is 1. The van der Waals surface area contributed by atoms with E-state index in [2.05, 4.69) is 0 Å². The molecule has 2 aliphatic rings. The van der Waals surface area contributed by atoms with Gasteiger partial charge in [0.05, 0.1) is 17.3 Å². The van der Waals surface area contributed by atoms with Crippen LogP contribution in [0, 0.1) is 5.92 Å². The van der Waals surface area contributed by atoms with E-state index in [9.17, 15) is 22.8 Å². The van der Waals surface area contributed by atoms with Crippen molar-refractivity contribution in [3.63, 3.8) is 0 Å². The molecular formula is C19H23F3N2O3. The van der Waals surface area contributed by atoms with E-state index < -0.39 is 23.8 Å². The lowest BCUT2D eigenvalue weighted by molar-refractivity contribution is -0.138. The van der Waals surface area contributed by atoms with Gasteiger partial charge in [-0.15, -0.1) is 0 Å². The summed E-state index contributed by atoms with van der Waals surface area (Å²) >= 11 is 0. The molecule has 2 aliphatic heterocycles. The van der Waals surface area contributed by atoms with Gasteiger partial charge in [0.25, 0.3) is 0 Å². The topological polar surface area (TPSA) is 60.9 Å². The molecule has 2 saturated heterocycles. The zero-order valence-corrected chi connectivity index (χ0v) is 14.9. The molecule has 0 radical (unpaired) electrons. The standard InChI is InChI=1S/C19H23F3N2O3/c20-19(21,22)14-5-1-2-6-15(14)24-11-9-16(18(24)27)23-10-3-4-13(12-23)7-8-17(25)26/h1-2,5-6,13,16H,3-4,7-12H2,(H,25,26). The second-order valence-corrected chi connectivity index (χ2v) is 7.24. The predicted molar refractivity (Wildman–Crippen MR) is 93.4 cm³/mol. The van der Waals surface area contributed by atoms with Gasteiger partial charge >= 0.3 is 12.1 Å². The first kappa shape index (κ1) is 19.7.